The van der Waals surface area contributed by atoms with Crippen LogP contribution >= 0.6 is 0 Å². The summed E-state index contributed by atoms with van der Waals surface area (Å²) in [6, 6.07) is 3.93. The Balaban J connectivity index is 4.64. The van der Waals surface area contributed by atoms with Crippen LogP contribution in [0, 0.1) is 0 Å². The van der Waals surface area contributed by atoms with E-state index in [4.69, 9.17) is 13.0 Å². The highest BCUT2D eigenvalue weighted by molar-refractivity contribution is 6.87. The second-order valence-electron chi connectivity index (χ2n) is 9.33. The summed E-state index contributed by atoms with van der Waals surface area (Å²) in [5, 5.41) is 0. The molecule has 9 heteroatoms. The monoisotopic (exact) mass is 422 g/mol. The van der Waals surface area contributed by atoms with Crippen molar-refractivity contribution in [3.05, 3.63) is 0 Å². The van der Waals surface area contributed by atoms with E-state index >= 15 is 0 Å². The van der Waals surface area contributed by atoms with Crippen LogP contribution in [0.5, 0.6) is 0 Å². The molecule has 0 spiro atoms. The predicted octanol–water partition coefficient (Wildman–Crippen LogP) is 4.95. The van der Waals surface area contributed by atoms with Crippen LogP contribution < -0.4 is 0 Å². The lowest BCUT2D eigenvalue weighted by molar-refractivity contribution is -0.133. The minimum absolute atomic E-state index is 0.176. The fraction of sp³-hybridized carbons (Fsp3) is 0.875. The van der Waals surface area contributed by atoms with Gasteiger partial charge in [-0.05, 0) is 76.6 Å². The molecular formula is C16H38O5Si4. The molecule has 0 saturated heterocycles. The molecule has 0 aromatic heterocycles. The zero-order valence-electron chi connectivity index (χ0n) is 17.9. The minimum Gasteiger partial charge on any atom is -0.520 e. The van der Waals surface area contributed by atoms with Crippen LogP contribution in [0.25, 0.3) is 0 Å². The smallest absolute Gasteiger partial charge is 0.289 e. The lowest BCUT2D eigenvalue weighted by Crippen LogP contribution is -2.47. The van der Waals surface area contributed by atoms with Crippen LogP contribution in [0.2, 0.25) is 76.6 Å². The van der Waals surface area contributed by atoms with Gasteiger partial charge in [0.25, 0.3) is 11.9 Å². The fourth-order valence-electron chi connectivity index (χ4n) is 2.93. The molecule has 0 aromatic rings. The zero-order chi connectivity index (χ0) is 20.1. The van der Waals surface area contributed by atoms with Gasteiger partial charge >= 0.3 is 0 Å². The van der Waals surface area contributed by atoms with Gasteiger partial charge in [0.05, 0.1) is 0 Å². The van der Waals surface area contributed by atoms with Gasteiger partial charge < -0.3 is 13.0 Å². The Labute approximate surface area is 158 Å². The standard InChI is InChI=1S/C16H38O5Si4/c1-15(17)19-22(3,4)11-13-24(7,8)21-25(9,10)14-12-23(5,6)20-16(2)18/h11-14H2,1-10H3. The van der Waals surface area contributed by atoms with E-state index in [-0.39, 0.29) is 11.9 Å². The maximum Gasteiger partial charge on any atom is 0.289 e. The van der Waals surface area contributed by atoms with Crippen molar-refractivity contribution in [3.8, 4) is 0 Å². The van der Waals surface area contributed by atoms with Crippen LogP contribution in [0.3, 0.4) is 0 Å². The second kappa shape index (κ2) is 9.11. The molecule has 0 N–H and O–H groups in total. The number of rotatable bonds is 10. The molecular weight excluding hydrogens is 385 g/mol. The molecule has 0 saturated carbocycles. The van der Waals surface area contributed by atoms with Crippen LogP contribution in [0.15, 0.2) is 0 Å². The van der Waals surface area contributed by atoms with E-state index in [9.17, 15) is 9.59 Å². The third kappa shape index (κ3) is 12.7. The predicted molar refractivity (Wildman–Crippen MR) is 114 cm³/mol. The van der Waals surface area contributed by atoms with Crippen LogP contribution in [0.1, 0.15) is 13.8 Å². The molecule has 0 fully saturated rings. The molecule has 0 aromatic carbocycles. The molecule has 0 radical (unpaired) electrons. The first-order chi connectivity index (χ1) is 11.0. The Morgan fingerprint density at radius 1 is 0.560 bits per heavy atom. The summed E-state index contributed by atoms with van der Waals surface area (Å²) in [7, 11) is -7.53. The molecule has 0 heterocycles. The summed E-state index contributed by atoms with van der Waals surface area (Å²) in [6.07, 6.45) is 0. The molecule has 0 aliphatic rings. The van der Waals surface area contributed by atoms with Gasteiger partial charge in [-0.15, -0.1) is 0 Å². The lowest BCUT2D eigenvalue weighted by Gasteiger charge is -2.36. The van der Waals surface area contributed by atoms with E-state index in [0.717, 1.165) is 24.2 Å². The first-order valence-corrected chi connectivity index (χ1v) is 21.5. The van der Waals surface area contributed by atoms with Crippen molar-refractivity contribution in [1.82, 2.24) is 0 Å². The van der Waals surface area contributed by atoms with E-state index in [2.05, 4.69) is 52.4 Å². The molecule has 5 nitrogen and oxygen atoms in total. The van der Waals surface area contributed by atoms with E-state index in [0.29, 0.717) is 0 Å². The highest BCUT2D eigenvalue weighted by Crippen LogP contribution is 2.29. The van der Waals surface area contributed by atoms with Crippen molar-refractivity contribution < 1.29 is 22.6 Å². The van der Waals surface area contributed by atoms with Gasteiger partial charge in [0.1, 0.15) is 0 Å². The number of hydrogen-bond acceptors (Lipinski definition) is 5. The Morgan fingerprint density at radius 3 is 1.04 bits per heavy atom. The maximum absolute atomic E-state index is 11.2. The third-order valence-electron chi connectivity index (χ3n) is 4.05. The Morgan fingerprint density at radius 2 is 0.800 bits per heavy atom. The second-order valence-corrected chi connectivity index (χ2v) is 26.6. The lowest BCUT2D eigenvalue weighted by atomic mass is 10.9. The number of hydrogen-bond donors (Lipinski definition) is 0. The molecule has 0 rings (SSSR count). The molecule has 0 bridgehead atoms. The normalized spacial score (nSPS) is 13.5. The Kier molecular flexibility index (Phi) is 9.03. The van der Waals surface area contributed by atoms with Crippen LogP contribution in [-0.2, 0) is 22.6 Å². The minimum atomic E-state index is -1.95. The summed E-state index contributed by atoms with van der Waals surface area (Å²) < 4.78 is 17.7. The highest BCUT2D eigenvalue weighted by Gasteiger charge is 2.38. The van der Waals surface area contributed by atoms with Gasteiger partial charge in [0.15, 0.2) is 16.6 Å². The molecule has 0 aliphatic heterocycles. The Hall–Kier alpha value is -0.232. The summed E-state index contributed by atoms with van der Waals surface area (Å²) in [5.74, 6) is -0.353. The number of carbonyl (C=O) groups is 2. The van der Waals surface area contributed by atoms with E-state index in [1.807, 2.05) is 0 Å². The van der Waals surface area contributed by atoms with Crippen LogP contribution in [0.4, 0.5) is 0 Å². The summed E-state index contributed by atoms with van der Waals surface area (Å²) in [6.45, 7) is 20.4. The van der Waals surface area contributed by atoms with Gasteiger partial charge in [-0.3, -0.25) is 9.59 Å². The van der Waals surface area contributed by atoms with Crippen molar-refractivity contribution in [3.63, 3.8) is 0 Å². The SMILES string of the molecule is CC(=O)O[Si](C)(C)CC[Si](C)(C)O[Si](C)(C)CC[Si](C)(C)OC(C)=O. The van der Waals surface area contributed by atoms with Crippen molar-refractivity contribution in [2.24, 2.45) is 0 Å². The molecule has 0 amide bonds. The summed E-state index contributed by atoms with van der Waals surface area (Å²) in [4.78, 5) is 22.5. The average molecular weight is 423 g/mol. The summed E-state index contributed by atoms with van der Waals surface area (Å²) in [5.41, 5.74) is 0. The van der Waals surface area contributed by atoms with Gasteiger partial charge in [-0.2, -0.15) is 0 Å². The number of carbonyl (C=O) groups excluding carboxylic acids is 2. The molecule has 0 aliphatic carbocycles. The quantitative estimate of drug-likeness (QED) is 0.466. The highest BCUT2D eigenvalue weighted by atomic mass is 28.4. The van der Waals surface area contributed by atoms with Crippen molar-refractivity contribution in [2.75, 3.05) is 0 Å². The summed E-state index contributed by atoms with van der Waals surface area (Å²) >= 11 is 0. The van der Waals surface area contributed by atoms with Crippen molar-refractivity contribution in [2.45, 2.75) is 90.4 Å². The average Bonchev–Trinajstić information content (AvgIpc) is 2.30. The van der Waals surface area contributed by atoms with Gasteiger partial charge in [-0.1, -0.05) is 0 Å². The molecule has 148 valence electrons. The van der Waals surface area contributed by atoms with E-state index in [1.165, 1.54) is 13.8 Å². The molecule has 25 heavy (non-hydrogen) atoms. The van der Waals surface area contributed by atoms with E-state index < -0.39 is 33.3 Å². The first-order valence-electron chi connectivity index (χ1n) is 9.05. The topological polar surface area (TPSA) is 61.8 Å². The van der Waals surface area contributed by atoms with E-state index in [1.54, 1.807) is 0 Å². The van der Waals surface area contributed by atoms with Crippen molar-refractivity contribution >= 4 is 45.2 Å². The fourth-order valence-corrected chi connectivity index (χ4v) is 21.1. The molecule has 0 unspecified atom stereocenters. The Bertz CT molecular complexity index is 433. The zero-order valence-corrected chi connectivity index (χ0v) is 21.9. The maximum atomic E-state index is 11.2. The van der Waals surface area contributed by atoms with Crippen molar-refractivity contribution in [1.29, 1.82) is 0 Å². The van der Waals surface area contributed by atoms with Gasteiger partial charge in [0, 0.05) is 13.8 Å². The largest absolute Gasteiger partial charge is 0.520 e. The molecule has 0 atom stereocenters. The first kappa shape index (κ1) is 24.8. The van der Waals surface area contributed by atoms with Gasteiger partial charge in [0.2, 0.25) is 16.6 Å². The third-order valence-corrected chi connectivity index (χ3v) is 17.0. The van der Waals surface area contributed by atoms with Crippen LogP contribution in [-0.4, -0.2) is 45.2 Å². The van der Waals surface area contributed by atoms with Gasteiger partial charge in [-0.25, -0.2) is 0 Å².